The summed E-state index contributed by atoms with van der Waals surface area (Å²) < 4.78 is 5.64. The maximum Gasteiger partial charge on any atom is 0.227 e. The number of carbonyl (C=O) groups is 2. The summed E-state index contributed by atoms with van der Waals surface area (Å²) in [5.41, 5.74) is 3.47. The first-order chi connectivity index (χ1) is 13.5. The topological polar surface area (TPSA) is 73.6 Å². The molecule has 0 aromatic heterocycles. The molecular formula is C22H25N3O3. The van der Waals surface area contributed by atoms with Crippen molar-refractivity contribution in [2.75, 3.05) is 31.6 Å². The van der Waals surface area contributed by atoms with Gasteiger partial charge in [0.1, 0.15) is 11.6 Å². The predicted octanol–water partition coefficient (Wildman–Crippen LogP) is 2.67. The lowest BCUT2D eigenvalue weighted by molar-refractivity contribution is -0.117. The van der Waals surface area contributed by atoms with Crippen LogP contribution in [0.4, 0.5) is 5.69 Å². The summed E-state index contributed by atoms with van der Waals surface area (Å²) in [6.07, 6.45) is 3.34. The molecule has 2 heterocycles. The smallest absolute Gasteiger partial charge is 0.227 e. The lowest BCUT2D eigenvalue weighted by Crippen LogP contribution is -2.43. The van der Waals surface area contributed by atoms with Crippen LogP contribution in [0.3, 0.4) is 0 Å². The van der Waals surface area contributed by atoms with Crippen molar-refractivity contribution in [2.24, 2.45) is 0 Å². The molecule has 0 unspecified atom stereocenters. The van der Waals surface area contributed by atoms with E-state index >= 15 is 0 Å². The number of nitrogens with zero attached hydrogens (tertiary/aromatic N) is 3. The second-order valence-corrected chi connectivity index (χ2v) is 8.07. The molecule has 0 atom stereocenters. The van der Waals surface area contributed by atoms with Crippen molar-refractivity contribution in [3.8, 4) is 6.07 Å². The maximum absolute atomic E-state index is 12.6. The van der Waals surface area contributed by atoms with Crippen LogP contribution in [0.2, 0.25) is 0 Å². The number of benzene rings is 1. The number of rotatable bonds is 3. The van der Waals surface area contributed by atoms with Gasteiger partial charge in [0, 0.05) is 50.8 Å². The van der Waals surface area contributed by atoms with E-state index in [1.165, 1.54) is 0 Å². The minimum Gasteiger partial charge on any atom is -0.378 e. The lowest BCUT2D eigenvalue weighted by Gasteiger charge is -2.41. The van der Waals surface area contributed by atoms with Gasteiger partial charge in [-0.05, 0) is 43.9 Å². The van der Waals surface area contributed by atoms with E-state index in [1.54, 1.807) is 12.0 Å². The molecule has 3 aliphatic rings. The molecule has 28 heavy (non-hydrogen) atoms. The van der Waals surface area contributed by atoms with E-state index in [9.17, 15) is 14.9 Å². The number of likely N-dealkylation sites (tertiary alicyclic amines) is 1. The summed E-state index contributed by atoms with van der Waals surface area (Å²) in [5, 5.41) is 9.72. The second kappa shape index (κ2) is 7.06. The molecule has 0 saturated carbocycles. The summed E-state index contributed by atoms with van der Waals surface area (Å²) in [7, 11) is 1.73. The highest BCUT2D eigenvalue weighted by Crippen LogP contribution is 2.38. The summed E-state index contributed by atoms with van der Waals surface area (Å²) in [5.74, 6) is 0.00165. The molecule has 0 spiro atoms. The highest BCUT2D eigenvalue weighted by atomic mass is 16.5. The number of nitriles is 1. The van der Waals surface area contributed by atoms with Crippen LogP contribution in [0.25, 0.3) is 5.70 Å². The van der Waals surface area contributed by atoms with Crippen molar-refractivity contribution in [2.45, 2.75) is 44.6 Å². The third-order valence-corrected chi connectivity index (χ3v) is 6.34. The third kappa shape index (κ3) is 3.10. The number of anilines is 1. The van der Waals surface area contributed by atoms with Gasteiger partial charge in [-0.3, -0.25) is 9.59 Å². The largest absolute Gasteiger partial charge is 0.378 e. The Morgan fingerprint density at radius 3 is 2.54 bits per heavy atom. The number of methoxy groups -OCH3 is 1. The Morgan fingerprint density at radius 2 is 1.93 bits per heavy atom. The molecular weight excluding hydrogens is 354 g/mol. The summed E-state index contributed by atoms with van der Waals surface area (Å²) in [4.78, 5) is 28.8. The van der Waals surface area contributed by atoms with Gasteiger partial charge in [0.05, 0.1) is 11.3 Å². The normalized spacial score (nSPS) is 21.8. The van der Waals surface area contributed by atoms with E-state index in [-0.39, 0.29) is 29.3 Å². The zero-order chi connectivity index (χ0) is 19.9. The number of hydrogen-bond acceptors (Lipinski definition) is 5. The zero-order valence-corrected chi connectivity index (χ0v) is 16.5. The van der Waals surface area contributed by atoms with E-state index in [1.807, 2.05) is 18.2 Å². The van der Waals surface area contributed by atoms with E-state index in [0.717, 1.165) is 61.4 Å². The number of piperidine rings is 1. The van der Waals surface area contributed by atoms with Crippen LogP contribution < -0.4 is 4.90 Å². The third-order valence-electron chi connectivity index (χ3n) is 6.34. The molecule has 6 heteroatoms. The fourth-order valence-corrected chi connectivity index (χ4v) is 4.41. The number of carbonyl (C=O) groups excluding carboxylic acids is 2. The summed E-state index contributed by atoms with van der Waals surface area (Å²) in [6.45, 7) is 4.27. The van der Waals surface area contributed by atoms with Gasteiger partial charge in [-0.25, -0.2) is 0 Å². The monoisotopic (exact) mass is 379 g/mol. The number of ether oxygens (including phenoxy) is 1. The average molecular weight is 379 g/mol. The Hall–Kier alpha value is -2.65. The number of Topliss-reactive ketones (excluding diaryl/α,β-unsaturated/α-hetero) is 1. The fourth-order valence-electron chi connectivity index (χ4n) is 4.41. The first kappa shape index (κ1) is 18.7. The van der Waals surface area contributed by atoms with Crippen LogP contribution in [-0.2, 0) is 20.7 Å². The Bertz CT molecular complexity index is 904. The van der Waals surface area contributed by atoms with Crippen LogP contribution in [0, 0.1) is 11.3 Å². The summed E-state index contributed by atoms with van der Waals surface area (Å²) in [6, 6.07) is 7.99. The Labute approximate surface area is 165 Å². The number of hydrogen-bond donors (Lipinski definition) is 0. The van der Waals surface area contributed by atoms with E-state index in [0.29, 0.717) is 6.42 Å². The SMILES string of the molecule is COC1(C)CCN(C2=C(C#N)C(=O)Cc3ccc(N4CCCC4=O)cc32)CC1. The first-order valence-corrected chi connectivity index (χ1v) is 9.87. The lowest BCUT2D eigenvalue weighted by atomic mass is 9.85. The van der Waals surface area contributed by atoms with Crippen molar-refractivity contribution in [3.63, 3.8) is 0 Å². The molecule has 2 aliphatic heterocycles. The first-order valence-electron chi connectivity index (χ1n) is 9.87. The minimum absolute atomic E-state index is 0.130. The van der Waals surface area contributed by atoms with Gasteiger partial charge in [-0.2, -0.15) is 5.26 Å². The quantitative estimate of drug-likeness (QED) is 0.807. The van der Waals surface area contributed by atoms with E-state index in [4.69, 9.17) is 4.74 Å². The van der Waals surface area contributed by atoms with Gasteiger partial charge >= 0.3 is 0 Å². The minimum atomic E-state index is -0.171. The molecule has 6 nitrogen and oxygen atoms in total. The Kier molecular flexibility index (Phi) is 4.72. The number of amides is 1. The molecule has 2 saturated heterocycles. The van der Waals surface area contributed by atoms with Crippen molar-refractivity contribution in [3.05, 3.63) is 34.9 Å². The van der Waals surface area contributed by atoms with Gasteiger partial charge in [-0.1, -0.05) is 6.07 Å². The van der Waals surface area contributed by atoms with Gasteiger partial charge < -0.3 is 14.5 Å². The van der Waals surface area contributed by atoms with Crippen LogP contribution in [-0.4, -0.2) is 48.9 Å². The van der Waals surface area contributed by atoms with E-state index < -0.39 is 0 Å². The highest BCUT2D eigenvalue weighted by Gasteiger charge is 2.35. The van der Waals surface area contributed by atoms with Gasteiger partial charge in [0.25, 0.3) is 0 Å². The number of ketones is 1. The zero-order valence-electron chi connectivity index (χ0n) is 16.5. The van der Waals surface area contributed by atoms with Gasteiger partial charge in [0.2, 0.25) is 5.91 Å². The molecule has 2 fully saturated rings. The van der Waals surface area contributed by atoms with Crippen molar-refractivity contribution >= 4 is 23.1 Å². The molecule has 0 bridgehead atoms. The molecule has 1 aromatic carbocycles. The van der Waals surface area contributed by atoms with Crippen LogP contribution >= 0.6 is 0 Å². The Balaban J connectivity index is 1.75. The average Bonchev–Trinajstić information content (AvgIpc) is 3.13. The van der Waals surface area contributed by atoms with Crippen molar-refractivity contribution in [1.82, 2.24) is 4.90 Å². The highest BCUT2D eigenvalue weighted by molar-refractivity contribution is 6.10. The van der Waals surface area contributed by atoms with Crippen LogP contribution in [0.5, 0.6) is 0 Å². The second-order valence-electron chi connectivity index (χ2n) is 8.07. The van der Waals surface area contributed by atoms with E-state index in [2.05, 4.69) is 17.9 Å². The maximum atomic E-state index is 12.6. The molecule has 1 amide bonds. The molecule has 1 aromatic rings. The van der Waals surface area contributed by atoms with Crippen molar-refractivity contribution in [1.29, 1.82) is 5.26 Å². The number of allylic oxidation sites excluding steroid dienone is 1. The number of fused-ring (bicyclic) bond motifs is 1. The van der Waals surface area contributed by atoms with Crippen molar-refractivity contribution < 1.29 is 14.3 Å². The molecule has 4 rings (SSSR count). The molecule has 0 radical (unpaired) electrons. The predicted molar refractivity (Wildman–Crippen MR) is 105 cm³/mol. The standard InChI is InChI=1S/C22H25N3O3/c1-22(28-2)7-10-24(11-8-22)21-17-13-16(25-9-3-4-20(25)27)6-5-15(17)12-19(26)18(21)14-23/h5-6,13H,3-4,7-12H2,1-2H3. The molecule has 1 aliphatic carbocycles. The fraction of sp³-hybridized carbons (Fsp3) is 0.500. The van der Waals surface area contributed by atoms with Crippen LogP contribution in [0.1, 0.15) is 43.7 Å². The Morgan fingerprint density at radius 1 is 1.18 bits per heavy atom. The van der Waals surface area contributed by atoms with Gasteiger partial charge in [-0.15, -0.1) is 0 Å². The summed E-state index contributed by atoms with van der Waals surface area (Å²) >= 11 is 0. The molecule has 146 valence electrons. The van der Waals surface area contributed by atoms with Gasteiger partial charge in [0.15, 0.2) is 5.78 Å². The van der Waals surface area contributed by atoms with Crippen LogP contribution in [0.15, 0.2) is 23.8 Å². The molecule has 0 N–H and O–H groups in total.